The standard InChI is InChI=1S/C13H18N2/c1-13(2)7-12-14-8-10-5-3-4-6-11(10)15(12)9-13/h3-6,12,14H,7-9H2,1-2H3. The number of benzene rings is 1. The van der Waals surface area contributed by atoms with Crippen LogP contribution < -0.4 is 10.2 Å². The van der Waals surface area contributed by atoms with Gasteiger partial charge in [0.2, 0.25) is 0 Å². The monoisotopic (exact) mass is 202 g/mol. The summed E-state index contributed by atoms with van der Waals surface area (Å²) in [7, 11) is 0. The Morgan fingerprint density at radius 3 is 3.00 bits per heavy atom. The normalized spacial score (nSPS) is 27.3. The number of hydrogen-bond donors (Lipinski definition) is 1. The van der Waals surface area contributed by atoms with Crippen LogP contribution in [0.25, 0.3) is 0 Å². The van der Waals surface area contributed by atoms with E-state index in [1.165, 1.54) is 24.2 Å². The van der Waals surface area contributed by atoms with Crippen molar-refractivity contribution in [2.75, 3.05) is 11.4 Å². The third-order valence-electron chi connectivity index (χ3n) is 3.55. The van der Waals surface area contributed by atoms with Gasteiger partial charge in [-0.2, -0.15) is 0 Å². The zero-order valence-electron chi connectivity index (χ0n) is 9.46. The van der Waals surface area contributed by atoms with Crippen molar-refractivity contribution in [3.05, 3.63) is 29.8 Å². The van der Waals surface area contributed by atoms with E-state index in [-0.39, 0.29) is 0 Å². The number of rotatable bonds is 0. The van der Waals surface area contributed by atoms with Crippen LogP contribution in [-0.2, 0) is 6.54 Å². The van der Waals surface area contributed by atoms with Crippen LogP contribution in [0.2, 0.25) is 0 Å². The van der Waals surface area contributed by atoms with Gasteiger partial charge in [0.15, 0.2) is 0 Å². The van der Waals surface area contributed by atoms with Gasteiger partial charge in [-0.1, -0.05) is 32.0 Å². The number of nitrogens with one attached hydrogen (secondary N) is 1. The summed E-state index contributed by atoms with van der Waals surface area (Å²) in [6, 6.07) is 8.75. The van der Waals surface area contributed by atoms with Crippen molar-refractivity contribution in [3.8, 4) is 0 Å². The van der Waals surface area contributed by atoms with Gasteiger partial charge < -0.3 is 4.90 Å². The molecule has 0 aromatic heterocycles. The van der Waals surface area contributed by atoms with Crippen molar-refractivity contribution in [2.24, 2.45) is 5.41 Å². The molecule has 0 saturated carbocycles. The summed E-state index contributed by atoms with van der Waals surface area (Å²) in [5, 5.41) is 3.62. The van der Waals surface area contributed by atoms with Crippen molar-refractivity contribution in [1.82, 2.24) is 5.32 Å². The fraction of sp³-hybridized carbons (Fsp3) is 0.538. The molecule has 1 unspecified atom stereocenters. The minimum absolute atomic E-state index is 0.440. The Morgan fingerprint density at radius 1 is 1.33 bits per heavy atom. The first-order valence-electron chi connectivity index (χ1n) is 5.74. The van der Waals surface area contributed by atoms with E-state index < -0.39 is 0 Å². The second-order valence-electron chi connectivity index (χ2n) is 5.52. The highest BCUT2D eigenvalue weighted by Crippen LogP contribution is 2.39. The predicted octanol–water partition coefficient (Wildman–Crippen LogP) is 2.35. The quantitative estimate of drug-likeness (QED) is 0.694. The van der Waals surface area contributed by atoms with Crippen molar-refractivity contribution in [3.63, 3.8) is 0 Å². The van der Waals surface area contributed by atoms with Crippen molar-refractivity contribution >= 4 is 5.69 Å². The molecule has 0 spiro atoms. The van der Waals surface area contributed by atoms with Gasteiger partial charge in [0.05, 0.1) is 6.17 Å². The van der Waals surface area contributed by atoms with E-state index >= 15 is 0 Å². The molecular weight excluding hydrogens is 184 g/mol. The van der Waals surface area contributed by atoms with Crippen molar-refractivity contribution < 1.29 is 0 Å². The van der Waals surface area contributed by atoms with E-state index in [4.69, 9.17) is 0 Å². The molecule has 3 rings (SSSR count). The van der Waals surface area contributed by atoms with Crippen LogP contribution in [0.5, 0.6) is 0 Å². The lowest BCUT2D eigenvalue weighted by atomic mass is 9.92. The van der Waals surface area contributed by atoms with E-state index in [9.17, 15) is 0 Å². The van der Waals surface area contributed by atoms with E-state index in [1.54, 1.807) is 0 Å². The smallest absolute Gasteiger partial charge is 0.0804 e. The molecule has 80 valence electrons. The molecule has 1 aromatic rings. The first kappa shape index (κ1) is 9.22. The van der Waals surface area contributed by atoms with Crippen molar-refractivity contribution in [1.29, 1.82) is 0 Å². The molecule has 2 aliphatic rings. The summed E-state index contributed by atoms with van der Waals surface area (Å²) in [5.41, 5.74) is 3.31. The Bertz CT molecular complexity index is 384. The third-order valence-corrected chi connectivity index (χ3v) is 3.55. The first-order valence-corrected chi connectivity index (χ1v) is 5.74. The highest BCUT2D eigenvalue weighted by molar-refractivity contribution is 5.57. The van der Waals surface area contributed by atoms with E-state index in [0.717, 1.165) is 6.54 Å². The molecular formula is C13H18N2. The lowest BCUT2D eigenvalue weighted by Gasteiger charge is -2.34. The molecule has 1 aromatic carbocycles. The van der Waals surface area contributed by atoms with Crippen LogP contribution in [0.1, 0.15) is 25.8 Å². The van der Waals surface area contributed by atoms with Crippen LogP contribution in [0.4, 0.5) is 5.69 Å². The van der Waals surface area contributed by atoms with Gasteiger partial charge in [-0.05, 0) is 23.5 Å². The molecule has 0 bridgehead atoms. The van der Waals surface area contributed by atoms with E-state index in [1.807, 2.05) is 0 Å². The number of hydrogen-bond acceptors (Lipinski definition) is 2. The zero-order valence-corrected chi connectivity index (χ0v) is 9.46. The highest BCUT2D eigenvalue weighted by Gasteiger charge is 2.39. The van der Waals surface area contributed by atoms with Crippen LogP contribution >= 0.6 is 0 Å². The SMILES string of the molecule is CC1(C)CC2NCc3ccccc3N2C1. The topological polar surface area (TPSA) is 15.3 Å². The predicted molar refractivity (Wildman–Crippen MR) is 62.8 cm³/mol. The molecule has 1 fully saturated rings. The van der Waals surface area contributed by atoms with Crippen LogP contribution in [0.3, 0.4) is 0 Å². The highest BCUT2D eigenvalue weighted by atomic mass is 15.3. The van der Waals surface area contributed by atoms with Gasteiger partial charge in [-0.25, -0.2) is 0 Å². The Kier molecular flexibility index (Phi) is 1.84. The van der Waals surface area contributed by atoms with Crippen LogP contribution in [0.15, 0.2) is 24.3 Å². The van der Waals surface area contributed by atoms with E-state index in [0.29, 0.717) is 11.6 Å². The van der Waals surface area contributed by atoms with Gasteiger partial charge in [0.25, 0.3) is 0 Å². The largest absolute Gasteiger partial charge is 0.355 e. The fourth-order valence-corrected chi connectivity index (χ4v) is 2.87. The number of para-hydroxylation sites is 1. The first-order chi connectivity index (χ1) is 7.16. The molecule has 0 amide bonds. The molecule has 2 heterocycles. The van der Waals surface area contributed by atoms with Crippen LogP contribution in [-0.4, -0.2) is 12.7 Å². The maximum atomic E-state index is 3.62. The summed E-state index contributed by atoms with van der Waals surface area (Å²) in [6.45, 7) is 6.90. The Labute approximate surface area is 91.3 Å². The van der Waals surface area contributed by atoms with Gasteiger partial charge in [0.1, 0.15) is 0 Å². The van der Waals surface area contributed by atoms with Gasteiger partial charge >= 0.3 is 0 Å². The van der Waals surface area contributed by atoms with Crippen molar-refractivity contribution in [2.45, 2.75) is 33.0 Å². The minimum Gasteiger partial charge on any atom is -0.355 e. The van der Waals surface area contributed by atoms with Gasteiger partial charge in [-0.3, -0.25) is 5.32 Å². The molecule has 1 N–H and O–H groups in total. The van der Waals surface area contributed by atoms with Gasteiger partial charge in [0, 0.05) is 18.8 Å². The van der Waals surface area contributed by atoms with Gasteiger partial charge in [-0.15, -0.1) is 0 Å². The maximum Gasteiger partial charge on any atom is 0.0804 e. The third kappa shape index (κ3) is 1.44. The summed E-state index contributed by atoms with van der Waals surface area (Å²) in [4.78, 5) is 2.53. The lowest BCUT2D eigenvalue weighted by Crippen LogP contribution is -2.45. The summed E-state index contributed by atoms with van der Waals surface area (Å²) >= 11 is 0. The summed E-state index contributed by atoms with van der Waals surface area (Å²) in [6.07, 6.45) is 1.80. The molecule has 2 nitrogen and oxygen atoms in total. The molecule has 1 atom stereocenters. The Hall–Kier alpha value is -1.02. The molecule has 0 radical (unpaired) electrons. The zero-order chi connectivity index (χ0) is 10.5. The maximum absolute atomic E-state index is 3.62. The molecule has 2 aliphatic heterocycles. The Morgan fingerprint density at radius 2 is 2.13 bits per heavy atom. The fourth-order valence-electron chi connectivity index (χ4n) is 2.87. The number of anilines is 1. The second-order valence-corrected chi connectivity index (χ2v) is 5.52. The summed E-state index contributed by atoms with van der Waals surface area (Å²) < 4.78 is 0. The van der Waals surface area contributed by atoms with E-state index in [2.05, 4.69) is 48.3 Å². The average molecular weight is 202 g/mol. The molecule has 0 aliphatic carbocycles. The Balaban J connectivity index is 2.00. The molecule has 2 heteroatoms. The summed E-state index contributed by atoms with van der Waals surface area (Å²) in [5.74, 6) is 0. The second kappa shape index (κ2) is 2.99. The molecule has 1 saturated heterocycles. The van der Waals surface area contributed by atoms with Crippen LogP contribution in [0, 0.1) is 5.41 Å². The average Bonchev–Trinajstić information content (AvgIpc) is 2.52. The molecule has 15 heavy (non-hydrogen) atoms. The number of nitrogens with zero attached hydrogens (tertiary/aromatic N) is 1. The number of fused-ring (bicyclic) bond motifs is 3. The lowest BCUT2D eigenvalue weighted by molar-refractivity contribution is 0.384. The minimum atomic E-state index is 0.440.